The van der Waals surface area contributed by atoms with Gasteiger partial charge in [-0.3, -0.25) is 4.98 Å². The van der Waals surface area contributed by atoms with E-state index in [0.717, 1.165) is 11.3 Å². The molecule has 0 fully saturated rings. The lowest BCUT2D eigenvalue weighted by Gasteiger charge is -2.14. The minimum atomic E-state index is 0.157. The lowest BCUT2D eigenvalue weighted by Crippen LogP contribution is -2.18. The van der Waals surface area contributed by atoms with Gasteiger partial charge in [-0.2, -0.15) is 0 Å². The predicted octanol–water partition coefficient (Wildman–Crippen LogP) is 2.65. The summed E-state index contributed by atoms with van der Waals surface area (Å²) >= 11 is 0. The molecule has 0 aliphatic carbocycles. The van der Waals surface area contributed by atoms with E-state index in [9.17, 15) is 5.11 Å². The highest BCUT2D eigenvalue weighted by Crippen LogP contribution is 2.26. The topological polar surface area (TPSA) is 54.4 Å². The Morgan fingerprint density at radius 1 is 1.32 bits per heavy atom. The summed E-state index contributed by atoms with van der Waals surface area (Å²) in [4.78, 5) is 4.31. The van der Waals surface area contributed by atoms with Crippen molar-refractivity contribution in [1.29, 1.82) is 0 Å². The molecule has 1 heterocycles. The SMILES string of the molecule is COc1cc(CN[C@H](C)c2ccccn2)ccc1O. The van der Waals surface area contributed by atoms with E-state index in [2.05, 4.69) is 17.2 Å². The number of aromatic nitrogens is 1. The number of nitrogens with zero attached hydrogens (tertiary/aromatic N) is 1. The van der Waals surface area contributed by atoms with Crippen molar-refractivity contribution in [2.45, 2.75) is 19.5 Å². The molecule has 0 radical (unpaired) electrons. The first-order valence-electron chi connectivity index (χ1n) is 6.21. The Morgan fingerprint density at radius 3 is 2.84 bits per heavy atom. The molecule has 0 unspecified atom stereocenters. The number of hydrogen-bond donors (Lipinski definition) is 2. The first kappa shape index (κ1) is 13.4. The fourth-order valence-electron chi connectivity index (χ4n) is 1.84. The number of rotatable bonds is 5. The number of phenols is 1. The van der Waals surface area contributed by atoms with Crippen molar-refractivity contribution in [3.05, 3.63) is 53.9 Å². The van der Waals surface area contributed by atoms with Gasteiger partial charge in [-0.25, -0.2) is 0 Å². The normalized spacial score (nSPS) is 12.1. The van der Waals surface area contributed by atoms with Gasteiger partial charge < -0.3 is 15.2 Å². The van der Waals surface area contributed by atoms with Crippen LogP contribution in [0.25, 0.3) is 0 Å². The van der Waals surface area contributed by atoms with Crippen LogP contribution < -0.4 is 10.1 Å². The lowest BCUT2D eigenvalue weighted by atomic mass is 10.1. The highest BCUT2D eigenvalue weighted by molar-refractivity contribution is 5.41. The van der Waals surface area contributed by atoms with E-state index < -0.39 is 0 Å². The standard InChI is InChI=1S/C15H18N2O2/c1-11(13-5-3-4-8-16-13)17-10-12-6-7-14(18)15(9-12)19-2/h3-9,11,17-18H,10H2,1-2H3/t11-/m1/s1. The minimum absolute atomic E-state index is 0.157. The average molecular weight is 258 g/mol. The van der Waals surface area contributed by atoms with Crippen LogP contribution in [0.5, 0.6) is 11.5 Å². The zero-order valence-corrected chi connectivity index (χ0v) is 11.1. The number of hydrogen-bond acceptors (Lipinski definition) is 4. The molecule has 4 nitrogen and oxygen atoms in total. The van der Waals surface area contributed by atoms with E-state index in [0.29, 0.717) is 12.3 Å². The van der Waals surface area contributed by atoms with E-state index >= 15 is 0 Å². The van der Waals surface area contributed by atoms with Crippen molar-refractivity contribution in [1.82, 2.24) is 10.3 Å². The van der Waals surface area contributed by atoms with Gasteiger partial charge in [0.25, 0.3) is 0 Å². The number of nitrogens with one attached hydrogen (secondary N) is 1. The average Bonchev–Trinajstić information content (AvgIpc) is 2.47. The van der Waals surface area contributed by atoms with Crippen molar-refractivity contribution < 1.29 is 9.84 Å². The summed E-state index contributed by atoms with van der Waals surface area (Å²) in [6.07, 6.45) is 1.79. The molecule has 0 aliphatic heterocycles. The first-order valence-corrected chi connectivity index (χ1v) is 6.21. The highest BCUT2D eigenvalue weighted by Gasteiger charge is 2.07. The second kappa shape index (κ2) is 6.20. The minimum Gasteiger partial charge on any atom is -0.504 e. The quantitative estimate of drug-likeness (QED) is 0.865. The van der Waals surface area contributed by atoms with Crippen LogP contribution in [0.1, 0.15) is 24.2 Å². The molecule has 100 valence electrons. The Balaban J connectivity index is 1.99. The number of phenolic OH excluding ortho intramolecular Hbond substituents is 1. The van der Waals surface area contributed by atoms with Crippen LogP contribution in [0.3, 0.4) is 0 Å². The molecule has 1 atom stereocenters. The summed E-state index contributed by atoms with van der Waals surface area (Å²) in [5.74, 6) is 0.647. The van der Waals surface area contributed by atoms with Crippen molar-refractivity contribution in [3.63, 3.8) is 0 Å². The molecule has 2 rings (SSSR count). The fraction of sp³-hybridized carbons (Fsp3) is 0.267. The molecule has 0 amide bonds. The zero-order chi connectivity index (χ0) is 13.7. The monoisotopic (exact) mass is 258 g/mol. The molecule has 1 aromatic heterocycles. The van der Waals surface area contributed by atoms with Gasteiger partial charge in [0, 0.05) is 18.8 Å². The van der Waals surface area contributed by atoms with E-state index in [1.165, 1.54) is 0 Å². The van der Waals surface area contributed by atoms with Gasteiger partial charge in [-0.05, 0) is 36.8 Å². The van der Waals surface area contributed by atoms with E-state index in [-0.39, 0.29) is 11.8 Å². The van der Waals surface area contributed by atoms with E-state index in [1.807, 2.05) is 30.3 Å². The number of pyridine rings is 1. The van der Waals surface area contributed by atoms with Crippen molar-refractivity contribution in [2.75, 3.05) is 7.11 Å². The molecule has 0 aliphatic rings. The zero-order valence-electron chi connectivity index (χ0n) is 11.1. The maximum atomic E-state index is 9.53. The van der Waals surface area contributed by atoms with Crippen LogP contribution in [0, 0.1) is 0 Å². The summed E-state index contributed by atoms with van der Waals surface area (Å²) in [6.45, 7) is 2.76. The van der Waals surface area contributed by atoms with Gasteiger partial charge >= 0.3 is 0 Å². The second-order valence-electron chi connectivity index (χ2n) is 4.36. The molecule has 2 aromatic rings. The molecule has 19 heavy (non-hydrogen) atoms. The first-order chi connectivity index (χ1) is 9.20. The molecule has 4 heteroatoms. The molecular weight excluding hydrogens is 240 g/mol. The number of benzene rings is 1. The highest BCUT2D eigenvalue weighted by atomic mass is 16.5. The molecule has 1 aromatic carbocycles. The predicted molar refractivity (Wildman–Crippen MR) is 74.2 cm³/mol. The van der Waals surface area contributed by atoms with Gasteiger partial charge in [-0.15, -0.1) is 0 Å². The largest absolute Gasteiger partial charge is 0.504 e. The Morgan fingerprint density at radius 2 is 2.16 bits per heavy atom. The third kappa shape index (κ3) is 3.45. The van der Waals surface area contributed by atoms with Crippen molar-refractivity contribution >= 4 is 0 Å². The lowest BCUT2D eigenvalue weighted by molar-refractivity contribution is 0.372. The smallest absolute Gasteiger partial charge is 0.160 e. The Hall–Kier alpha value is -2.07. The van der Waals surface area contributed by atoms with Crippen LogP contribution in [-0.4, -0.2) is 17.2 Å². The third-order valence-corrected chi connectivity index (χ3v) is 2.99. The molecule has 0 spiro atoms. The van der Waals surface area contributed by atoms with Gasteiger partial charge in [0.1, 0.15) is 0 Å². The molecule has 2 N–H and O–H groups in total. The van der Waals surface area contributed by atoms with Gasteiger partial charge in [0.05, 0.1) is 12.8 Å². The fourth-order valence-corrected chi connectivity index (χ4v) is 1.84. The van der Waals surface area contributed by atoms with Crippen LogP contribution in [-0.2, 0) is 6.54 Å². The summed E-state index contributed by atoms with van der Waals surface area (Å²) < 4.78 is 5.09. The number of methoxy groups -OCH3 is 1. The molecule has 0 saturated heterocycles. The maximum Gasteiger partial charge on any atom is 0.160 e. The summed E-state index contributed by atoms with van der Waals surface area (Å²) in [6, 6.07) is 11.4. The number of ether oxygens (including phenoxy) is 1. The maximum absolute atomic E-state index is 9.53. The van der Waals surface area contributed by atoms with Crippen LogP contribution in [0.4, 0.5) is 0 Å². The third-order valence-electron chi connectivity index (χ3n) is 2.99. The van der Waals surface area contributed by atoms with Crippen molar-refractivity contribution in [3.8, 4) is 11.5 Å². The Labute approximate surface area is 113 Å². The van der Waals surface area contributed by atoms with E-state index in [4.69, 9.17) is 4.74 Å². The summed E-state index contributed by atoms with van der Waals surface area (Å²) in [7, 11) is 1.54. The van der Waals surface area contributed by atoms with Crippen LogP contribution in [0.2, 0.25) is 0 Å². The molecule has 0 bridgehead atoms. The van der Waals surface area contributed by atoms with Crippen LogP contribution in [0.15, 0.2) is 42.6 Å². The Kier molecular flexibility index (Phi) is 4.36. The molecule has 0 saturated carbocycles. The van der Waals surface area contributed by atoms with Crippen LogP contribution >= 0.6 is 0 Å². The van der Waals surface area contributed by atoms with Crippen molar-refractivity contribution in [2.24, 2.45) is 0 Å². The number of aromatic hydroxyl groups is 1. The summed E-state index contributed by atoms with van der Waals surface area (Å²) in [5, 5.41) is 12.9. The van der Waals surface area contributed by atoms with E-state index in [1.54, 1.807) is 19.4 Å². The Bertz CT molecular complexity index is 529. The summed E-state index contributed by atoms with van der Waals surface area (Å²) in [5.41, 5.74) is 2.06. The van der Waals surface area contributed by atoms with Gasteiger partial charge in [-0.1, -0.05) is 12.1 Å². The second-order valence-corrected chi connectivity index (χ2v) is 4.36. The molecular formula is C15H18N2O2. The van der Waals surface area contributed by atoms with Gasteiger partial charge in [0.15, 0.2) is 11.5 Å². The van der Waals surface area contributed by atoms with Gasteiger partial charge in [0.2, 0.25) is 0 Å².